The molecule has 6 heteroatoms. The molecule has 0 unspecified atom stereocenters. The lowest BCUT2D eigenvalue weighted by Crippen LogP contribution is -2.22. The summed E-state index contributed by atoms with van der Waals surface area (Å²) in [5.74, 6) is 4.80. The fourth-order valence-corrected chi connectivity index (χ4v) is 2.43. The average Bonchev–Trinajstić information content (AvgIpc) is 2.92. The van der Waals surface area contributed by atoms with Crippen molar-refractivity contribution in [2.24, 2.45) is 5.73 Å². The van der Waals surface area contributed by atoms with Crippen molar-refractivity contribution in [1.29, 1.82) is 0 Å². The molecule has 1 amide bonds. The topological polar surface area (TPSA) is 95.6 Å². The first-order valence-corrected chi connectivity index (χ1v) is 7.05. The standard InChI is InChI=1S/C15H14N2O3S/c16-6-1-2-10-5-7-21-14(10)9-17-15(20)11-3-4-12(18)13(19)8-11/h3-5,7-8,18-19H,6,9,16H2,(H,17,20). The highest BCUT2D eigenvalue weighted by molar-refractivity contribution is 7.10. The maximum Gasteiger partial charge on any atom is 0.251 e. The average molecular weight is 302 g/mol. The van der Waals surface area contributed by atoms with E-state index < -0.39 is 0 Å². The summed E-state index contributed by atoms with van der Waals surface area (Å²) >= 11 is 1.50. The summed E-state index contributed by atoms with van der Waals surface area (Å²) < 4.78 is 0. The number of amides is 1. The number of hydrogen-bond donors (Lipinski definition) is 4. The Morgan fingerprint density at radius 3 is 2.81 bits per heavy atom. The summed E-state index contributed by atoms with van der Waals surface area (Å²) in [6, 6.07) is 5.80. The SMILES string of the molecule is NCC#Cc1ccsc1CNC(=O)c1ccc(O)c(O)c1. The first-order chi connectivity index (χ1) is 10.1. The number of nitrogens with one attached hydrogen (secondary N) is 1. The summed E-state index contributed by atoms with van der Waals surface area (Å²) in [5.41, 5.74) is 6.46. The molecule has 1 aromatic carbocycles. The monoisotopic (exact) mass is 302 g/mol. The molecule has 0 spiro atoms. The van der Waals surface area contributed by atoms with E-state index in [0.29, 0.717) is 6.54 Å². The van der Waals surface area contributed by atoms with Crippen molar-refractivity contribution in [3.8, 4) is 23.3 Å². The third-order valence-electron chi connectivity index (χ3n) is 2.72. The van der Waals surface area contributed by atoms with Crippen LogP contribution >= 0.6 is 11.3 Å². The van der Waals surface area contributed by atoms with Gasteiger partial charge in [-0.15, -0.1) is 11.3 Å². The normalized spacial score (nSPS) is 9.76. The van der Waals surface area contributed by atoms with E-state index in [0.717, 1.165) is 10.4 Å². The molecule has 0 bridgehead atoms. The molecule has 1 aromatic heterocycles. The summed E-state index contributed by atoms with van der Waals surface area (Å²) in [7, 11) is 0. The summed E-state index contributed by atoms with van der Waals surface area (Å²) in [4.78, 5) is 12.9. The Bertz CT molecular complexity index is 713. The number of nitrogens with two attached hydrogens (primary N) is 1. The van der Waals surface area contributed by atoms with E-state index in [2.05, 4.69) is 17.2 Å². The van der Waals surface area contributed by atoms with Crippen LogP contribution in [0.2, 0.25) is 0 Å². The Labute approximate surface area is 126 Å². The van der Waals surface area contributed by atoms with Crippen molar-refractivity contribution in [1.82, 2.24) is 5.32 Å². The summed E-state index contributed by atoms with van der Waals surface area (Å²) in [5, 5.41) is 23.2. The number of carbonyl (C=O) groups is 1. The first-order valence-electron chi connectivity index (χ1n) is 6.17. The van der Waals surface area contributed by atoms with Gasteiger partial charge in [-0.3, -0.25) is 4.79 Å². The van der Waals surface area contributed by atoms with Crippen molar-refractivity contribution < 1.29 is 15.0 Å². The Balaban J connectivity index is 2.04. The van der Waals surface area contributed by atoms with Crippen molar-refractivity contribution in [3.05, 3.63) is 45.6 Å². The van der Waals surface area contributed by atoms with Gasteiger partial charge in [0, 0.05) is 16.0 Å². The molecule has 0 saturated heterocycles. The van der Waals surface area contributed by atoms with Crippen LogP contribution in [0.25, 0.3) is 0 Å². The predicted octanol–water partition coefficient (Wildman–Crippen LogP) is 1.40. The molecule has 0 aliphatic carbocycles. The lowest BCUT2D eigenvalue weighted by atomic mass is 10.2. The van der Waals surface area contributed by atoms with Crippen LogP contribution in [0.4, 0.5) is 0 Å². The first kappa shape index (κ1) is 14.9. The molecule has 2 aromatic rings. The highest BCUT2D eigenvalue weighted by Gasteiger charge is 2.10. The van der Waals surface area contributed by atoms with E-state index in [1.165, 1.54) is 29.5 Å². The Morgan fingerprint density at radius 2 is 2.10 bits per heavy atom. The van der Waals surface area contributed by atoms with Gasteiger partial charge in [-0.05, 0) is 29.6 Å². The van der Waals surface area contributed by atoms with Crippen LogP contribution in [0.15, 0.2) is 29.6 Å². The number of carbonyl (C=O) groups excluding carboxylic acids is 1. The second kappa shape index (κ2) is 6.79. The molecular weight excluding hydrogens is 288 g/mol. The van der Waals surface area contributed by atoms with Crippen LogP contribution in [0.3, 0.4) is 0 Å². The van der Waals surface area contributed by atoms with E-state index in [9.17, 15) is 15.0 Å². The van der Waals surface area contributed by atoms with E-state index in [1.807, 2.05) is 11.4 Å². The molecule has 0 aliphatic rings. The van der Waals surface area contributed by atoms with Gasteiger partial charge in [-0.1, -0.05) is 11.8 Å². The number of aromatic hydroxyl groups is 2. The zero-order chi connectivity index (χ0) is 15.2. The van der Waals surface area contributed by atoms with Gasteiger partial charge in [0.1, 0.15) is 0 Å². The van der Waals surface area contributed by atoms with E-state index >= 15 is 0 Å². The Hall–Kier alpha value is -2.49. The molecule has 21 heavy (non-hydrogen) atoms. The van der Waals surface area contributed by atoms with Gasteiger partial charge in [0.15, 0.2) is 11.5 Å². The zero-order valence-corrected chi connectivity index (χ0v) is 11.9. The highest BCUT2D eigenvalue weighted by atomic mass is 32.1. The van der Waals surface area contributed by atoms with Crippen LogP contribution in [0.1, 0.15) is 20.8 Å². The van der Waals surface area contributed by atoms with Crippen LogP contribution in [-0.2, 0) is 6.54 Å². The van der Waals surface area contributed by atoms with Crippen molar-refractivity contribution in [2.45, 2.75) is 6.54 Å². The predicted molar refractivity (Wildman–Crippen MR) is 81.2 cm³/mol. The number of thiophene rings is 1. The Morgan fingerprint density at radius 1 is 1.29 bits per heavy atom. The van der Waals surface area contributed by atoms with Crippen LogP contribution in [-0.4, -0.2) is 22.7 Å². The maximum absolute atomic E-state index is 12.0. The minimum Gasteiger partial charge on any atom is -0.504 e. The number of hydrogen-bond acceptors (Lipinski definition) is 5. The van der Waals surface area contributed by atoms with E-state index in [1.54, 1.807) is 0 Å². The molecule has 0 atom stereocenters. The van der Waals surface area contributed by atoms with E-state index in [-0.39, 0.29) is 29.5 Å². The van der Waals surface area contributed by atoms with Gasteiger partial charge in [-0.25, -0.2) is 0 Å². The molecule has 0 radical (unpaired) electrons. The van der Waals surface area contributed by atoms with E-state index in [4.69, 9.17) is 5.73 Å². The minimum absolute atomic E-state index is 0.260. The van der Waals surface area contributed by atoms with Crippen LogP contribution in [0, 0.1) is 11.8 Å². The number of benzene rings is 1. The summed E-state index contributed by atoms with van der Waals surface area (Å²) in [6.45, 7) is 0.626. The lowest BCUT2D eigenvalue weighted by molar-refractivity contribution is 0.0951. The molecule has 108 valence electrons. The molecule has 2 rings (SSSR count). The molecule has 0 saturated carbocycles. The van der Waals surface area contributed by atoms with Gasteiger partial charge in [0.25, 0.3) is 5.91 Å². The second-order valence-electron chi connectivity index (χ2n) is 4.15. The van der Waals surface area contributed by atoms with Crippen LogP contribution < -0.4 is 11.1 Å². The van der Waals surface area contributed by atoms with Gasteiger partial charge in [0.05, 0.1) is 13.1 Å². The van der Waals surface area contributed by atoms with Crippen LogP contribution in [0.5, 0.6) is 11.5 Å². The number of phenols is 2. The fourth-order valence-electron chi connectivity index (χ4n) is 1.66. The number of phenolic OH excluding ortho intramolecular Hbond substituents is 2. The third-order valence-corrected chi connectivity index (χ3v) is 3.64. The molecule has 5 N–H and O–H groups in total. The Kier molecular flexibility index (Phi) is 4.82. The van der Waals surface area contributed by atoms with Gasteiger partial charge >= 0.3 is 0 Å². The fraction of sp³-hybridized carbons (Fsp3) is 0.133. The maximum atomic E-state index is 12.0. The molecule has 1 heterocycles. The van der Waals surface area contributed by atoms with Gasteiger partial charge in [0.2, 0.25) is 0 Å². The summed E-state index contributed by atoms with van der Waals surface area (Å²) in [6.07, 6.45) is 0. The molecular formula is C15H14N2O3S. The quantitative estimate of drug-likeness (QED) is 0.509. The zero-order valence-electron chi connectivity index (χ0n) is 11.1. The largest absolute Gasteiger partial charge is 0.504 e. The number of rotatable bonds is 3. The highest BCUT2D eigenvalue weighted by Crippen LogP contribution is 2.24. The van der Waals surface area contributed by atoms with Gasteiger partial charge in [-0.2, -0.15) is 0 Å². The van der Waals surface area contributed by atoms with Crippen molar-refractivity contribution in [2.75, 3.05) is 6.54 Å². The third kappa shape index (κ3) is 3.75. The molecule has 5 nitrogen and oxygen atoms in total. The van der Waals surface area contributed by atoms with Crippen molar-refractivity contribution in [3.63, 3.8) is 0 Å². The second-order valence-corrected chi connectivity index (χ2v) is 5.15. The van der Waals surface area contributed by atoms with Gasteiger partial charge < -0.3 is 21.3 Å². The lowest BCUT2D eigenvalue weighted by Gasteiger charge is -2.05. The smallest absolute Gasteiger partial charge is 0.251 e. The van der Waals surface area contributed by atoms with Crippen molar-refractivity contribution >= 4 is 17.2 Å². The molecule has 0 aliphatic heterocycles. The minimum atomic E-state index is -0.337. The molecule has 0 fully saturated rings.